The molecule has 3 aromatic rings. The number of hydrogen-bond acceptors (Lipinski definition) is 6. The number of nitrogens with zero attached hydrogens (tertiary/aromatic N) is 3. The van der Waals surface area contributed by atoms with Crippen molar-refractivity contribution in [1.82, 2.24) is 20.1 Å². The molecule has 37 heavy (non-hydrogen) atoms. The van der Waals surface area contributed by atoms with E-state index in [4.69, 9.17) is 4.98 Å². The van der Waals surface area contributed by atoms with E-state index in [9.17, 15) is 14.7 Å². The molecule has 2 amide bonds. The van der Waals surface area contributed by atoms with E-state index in [0.29, 0.717) is 37.7 Å². The fraction of sp³-hybridized carbons (Fsp3) is 0.483. The Morgan fingerprint density at radius 1 is 1.16 bits per heavy atom. The topological polar surface area (TPSA) is 85.8 Å². The van der Waals surface area contributed by atoms with Gasteiger partial charge in [-0.05, 0) is 43.2 Å². The maximum absolute atomic E-state index is 14.0. The molecule has 2 fully saturated rings. The lowest BCUT2D eigenvalue weighted by Gasteiger charge is -2.34. The molecule has 8 heteroatoms. The minimum atomic E-state index is -0.0604. The van der Waals surface area contributed by atoms with Gasteiger partial charge in [-0.2, -0.15) is 0 Å². The van der Waals surface area contributed by atoms with Gasteiger partial charge in [0.2, 0.25) is 5.91 Å². The summed E-state index contributed by atoms with van der Waals surface area (Å²) < 4.78 is 0. The van der Waals surface area contributed by atoms with E-state index in [1.807, 2.05) is 41.8 Å². The number of aliphatic hydroxyl groups excluding tert-OH is 1. The van der Waals surface area contributed by atoms with Crippen LogP contribution in [0, 0.1) is 5.92 Å². The van der Waals surface area contributed by atoms with Gasteiger partial charge in [-0.3, -0.25) is 14.5 Å². The average Bonchev–Trinajstić information content (AvgIpc) is 3.45. The van der Waals surface area contributed by atoms with Gasteiger partial charge >= 0.3 is 0 Å². The van der Waals surface area contributed by atoms with Crippen molar-refractivity contribution in [2.75, 3.05) is 32.8 Å². The third kappa shape index (κ3) is 5.71. The van der Waals surface area contributed by atoms with Gasteiger partial charge in [0.25, 0.3) is 5.91 Å². The van der Waals surface area contributed by atoms with Gasteiger partial charge in [-0.25, -0.2) is 4.98 Å². The molecule has 7 nitrogen and oxygen atoms in total. The van der Waals surface area contributed by atoms with Crippen LogP contribution >= 0.6 is 11.3 Å². The Bertz CT molecular complexity index is 1240. The van der Waals surface area contributed by atoms with E-state index < -0.39 is 0 Å². The number of piperazine rings is 1. The number of amides is 2. The van der Waals surface area contributed by atoms with E-state index in [-0.39, 0.29) is 31.0 Å². The molecular weight excluding hydrogens is 484 g/mol. The van der Waals surface area contributed by atoms with Crippen LogP contribution in [-0.4, -0.2) is 70.5 Å². The Morgan fingerprint density at radius 2 is 1.97 bits per heavy atom. The zero-order valence-corrected chi connectivity index (χ0v) is 22.3. The van der Waals surface area contributed by atoms with Crippen molar-refractivity contribution in [3.05, 3.63) is 52.9 Å². The monoisotopic (exact) mass is 520 g/mol. The summed E-state index contributed by atoms with van der Waals surface area (Å²) in [4.78, 5) is 36.6. The number of thiophene rings is 1. The Morgan fingerprint density at radius 3 is 2.70 bits per heavy atom. The lowest BCUT2D eigenvalue weighted by Crippen LogP contribution is -2.50. The average molecular weight is 521 g/mol. The van der Waals surface area contributed by atoms with E-state index in [2.05, 4.69) is 17.1 Å². The van der Waals surface area contributed by atoms with Gasteiger partial charge in [0.15, 0.2) is 0 Å². The second kappa shape index (κ2) is 11.7. The molecule has 1 saturated heterocycles. The number of carbonyl (C=O) groups is 2. The number of hydrogen-bond donors (Lipinski definition) is 2. The Kier molecular flexibility index (Phi) is 8.17. The van der Waals surface area contributed by atoms with Crippen LogP contribution in [0.2, 0.25) is 0 Å². The molecule has 1 atom stereocenters. The first-order valence-electron chi connectivity index (χ1n) is 13.4. The summed E-state index contributed by atoms with van der Waals surface area (Å²) in [5.41, 5.74) is 3.16. The van der Waals surface area contributed by atoms with Gasteiger partial charge in [0, 0.05) is 43.2 Å². The number of aromatic nitrogens is 1. The van der Waals surface area contributed by atoms with E-state index >= 15 is 0 Å². The minimum absolute atomic E-state index is 0.00337. The Balaban J connectivity index is 1.53. The van der Waals surface area contributed by atoms with Gasteiger partial charge in [-0.15, -0.1) is 11.3 Å². The van der Waals surface area contributed by atoms with Gasteiger partial charge in [-0.1, -0.05) is 43.5 Å². The normalized spacial score (nSPS) is 18.3. The van der Waals surface area contributed by atoms with Crippen molar-refractivity contribution in [2.24, 2.45) is 5.92 Å². The lowest BCUT2D eigenvalue weighted by molar-refractivity contribution is -0.136. The molecule has 2 N–H and O–H groups in total. The summed E-state index contributed by atoms with van der Waals surface area (Å²) in [6.45, 7) is 4.43. The number of fused-ring (bicyclic) bond motifs is 1. The molecule has 5 rings (SSSR count). The van der Waals surface area contributed by atoms with Gasteiger partial charge in [0.05, 0.1) is 34.8 Å². The highest BCUT2D eigenvalue weighted by Crippen LogP contribution is 2.34. The highest BCUT2D eigenvalue weighted by Gasteiger charge is 2.29. The molecule has 0 bridgehead atoms. The van der Waals surface area contributed by atoms with Crippen LogP contribution in [0.3, 0.4) is 0 Å². The molecule has 196 valence electrons. The SMILES string of the molecule is C[C@H](NC(=O)c1c(CN2CCN(CCO)C(=O)C2)c(-c2cccs2)nc2ccccc12)C1CCCCC1. The number of benzene rings is 1. The molecule has 1 aromatic carbocycles. The first kappa shape index (κ1) is 25.8. The van der Waals surface area contributed by atoms with Gasteiger partial charge < -0.3 is 15.3 Å². The summed E-state index contributed by atoms with van der Waals surface area (Å²) in [5, 5.41) is 15.5. The second-order valence-electron chi connectivity index (χ2n) is 10.3. The van der Waals surface area contributed by atoms with Crippen LogP contribution in [-0.2, 0) is 11.3 Å². The number of para-hydroxylation sites is 1. The van der Waals surface area contributed by atoms with Crippen LogP contribution in [0.15, 0.2) is 41.8 Å². The molecule has 2 aliphatic rings. The molecular formula is C29H36N4O3S. The minimum Gasteiger partial charge on any atom is -0.395 e. The number of rotatable bonds is 8. The molecule has 2 aromatic heterocycles. The van der Waals surface area contributed by atoms with Crippen LogP contribution in [0.5, 0.6) is 0 Å². The third-order valence-corrected chi connectivity index (χ3v) is 8.72. The summed E-state index contributed by atoms with van der Waals surface area (Å²) in [5.74, 6) is 0.446. The number of aliphatic hydroxyl groups is 1. The summed E-state index contributed by atoms with van der Waals surface area (Å²) in [6, 6.07) is 12.0. The van der Waals surface area contributed by atoms with Crippen LogP contribution < -0.4 is 5.32 Å². The first-order valence-corrected chi connectivity index (χ1v) is 14.3. The molecule has 1 aliphatic heterocycles. The molecule has 0 unspecified atom stereocenters. The maximum atomic E-state index is 14.0. The number of carbonyl (C=O) groups excluding carboxylic acids is 2. The van der Waals surface area contributed by atoms with Crippen molar-refractivity contribution in [1.29, 1.82) is 0 Å². The van der Waals surface area contributed by atoms with Gasteiger partial charge in [0.1, 0.15) is 0 Å². The summed E-state index contributed by atoms with van der Waals surface area (Å²) in [7, 11) is 0. The number of pyridine rings is 1. The summed E-state index contributed by atoms with van der Waals surface area (Å²) in [6.07, 6.45) is 6.06. The van der Waals surface area contributed by atoms with Crippen LogP contribution in [0.1, 0.15) is 54.9 Å². The van der Waals surface area contributed by atoms with Crippen molar-refractivity contribution < 1.29 is 14.7 Å². The van der Waals surface area contributed by atoms with E-state index in [1.54, 1.807) is 16.2 Å². The highest BCUT2D eigenvalue weighted by molar-refractivity contribution is 7.13. The third-order valence-electron chi connectivity index (χ3n) is 7.84. The van der Waals surface area contributed by atoms with Crippen molar-refractivity contribution in [2.45, 2.75) is 51.6 Å². The molecule has 0 spiro atoms. The predicted octanol–water partition coefficient (Wildman–Crippen LogP) is 4.30. The highest BCUT2D eigenvalue weighted by atomic mass is 32.1. The van der Waals surface area contributed by atoms with Crippen LogP contribution in [0.25, 0.3) is 21.5 Å². The molecule has 0 radical (unpaired) electrons. The Hall–Kier alpha value is -2.81. The van der Waals surface area contributed by atoms with E-state index in [0.717, 1.165) is 39.9 Å². The fourth-order valence-electron chi connectivity index (χ4n) is 5.79. The first-order chi connectivity index (χ1) is 18.0. The van der Waals surface area contributed by atoms with Crippen molar-refractivity contribution in [3.63, 3.8) is 0 Å². The molecule has 1 aliphatic carbocycles. The van der Waals surface area contributed by atoms with Crippen molar-refractivity contribution >= 4 is 34.1 Å². The molecule has 3 heterocycles. The number of nitrogens with one attached hydrogen (secondary N) is 1. The quantitative estimate of drug-likeness (QED) is 0.463. The zero-order valence-electron chi connectivity index (χ0n) is 21.5. The predicted molar refractivity (Wildman–Crippen MR) is 148 cm³/mol. The Labute approximate surface area is 222 Å². The second-order valence-corrected chi connectivity index (χ2v) is 11.2. The smallest absolute Gasteiger partial charge is 0.252 e. The maximum Gasteiger partial charge on any atom is 0.252 e. The summed E-state index contributed by atoms with van der Waals surface area (Å²) >= 11 is 1.61. The largest absolute Gasteiger partial charge is 0.395 e. The molecule has 1 saturated carbocycles. The fourth-order valence-corrected chi connectivity index (χ4v) is 6.53. The standard InChI is InChI=1S/C29H36N4O3S/c1-20(21-8-3-2-4-9-21)30-29(36)27-22-10-5-6-11-24(22)31-28(25-12-7-17-37-25)23(27)18-32-13-14-33(15-16-34)26(35)19-32/h5-7,10-12,17,20-21,34H,2-4,8-9,13-16,18-19H2,1H3,(H,30,36)/t20-/m0/s1. The van der Waals surface area contributed by atoms with Crippen molar-refractivity contribution in [3.8, 4) is 10.6 Å². The van der Waals surface area contributed by atoms with E-state index in [1.165, 1.54) is 19.3 Å². The zero-order chi connectivity index (χ0) is 25.8. The number of β-amino-alcohol motifs (C(OH)–C–C–N with tert-alkyl or cyclic N) is 1. The van der Waals surface area contributed by atoms with Crippen LogP contribution in [0.4, 0.5) is 0 Å². The lowest BCUT2D eigenvalue weighted by atomic mass is 9.84.